The fraction of sp³-hybridized carbons (Fsp3) is 0.389. The zero-order valence-corrected chi connectivity index (χ0v) is 15.1. The van der Waals surface area contributed by atoms with Crippen molar-refractivity contribution in [2.24, 2.45) is 0 Å². The number of alkyl halides is 3. The van der Waals surface area contributed by atoms with Crippen LogP contribution in [-0.4, -0.2) is 27.6 Å². The Morgan fingerprint density at radius 1 is 1.12 bits per heavy atom. The van der Waals surface area contributed by atoms with Crippen LogP contribution in [0.1, 0.15) is 36.7 Å². The average Bonchev–Trinajstić information content (AvgIpc) is 3.03. The molecule has 0 bridgehead atoms. The zero-order chi connectivity index (χ0) is 18.7. The standard InChI is InChI=1S/C18H20F3NO2S/c1-17(2,3)25-9-8-24-16(23)13-10-14(18(19,20)21)12-15(11-13)22-6-4-5-7-22/h4-7,10-12H,8-9H2,1-3H3. The van der Waals surface area contributed by atoms with Crippen LogP contribution in [0, 0.1) is 0 Å². The van der Waals surface area contributed by atoms with Crippen LogP contribution in [0.2, 0.25) is 0 Å². The summed E-state index contributed by atoms with van der Waals surface area (Å²) in [5.74, 6) is -0.174. The Morgan fingerprint density at radius 2 is 1.76 bits per heavy atom. The van der Waals surface area contributed by atoms with E-state index in [4.69, 9.17) is 4.74 Å². The topological polar surface area (TPSA) is 31.2 Å². The third-order valence-electron chi connectivity index (χ3n) is 3.23. The number of carbonyl (C=O) groups excluding carboxylic acids is 1. The van der Waals surface area contributed by atoms with Crippen LogP contribution in [0.5, 0.6) is 0 Å². The second kappa shape index (κ2) is 7.56. The molecule has 0 amide bonds. The number of rotatable bonds is 5. The monoisotopic (exact) mass is 371 g/mol. The van der Waals surface area contributed by atoms with E-state index in [9.17, 15) is 18.0 Å². The molecule has 2 rings (SSSR count). The van der Waals surface area contributed by atoms with Crippen LogP contribution >= 0.6 is 11.8 Å². The Hall–Kier alpha value is -1.89. The van der Waals surface area contributed by atoms with Gasteiger partial charge in [-0.2, -0.15) is 24.9 Å². The van der Waals surface area contributed by atoms with Gasteiger partial charge in [-0.1, -0.05) is 20.8 Å². The number of esters is 1. The highest BCUT2D eigenvalue weighted by Crippen LogP contribution is 2.32. The maximum atomic E-state index is 13.1. The molecule has 0 radical (unpaired) electrons. The molecule has 1 heterocycles. The van der Waals surface area contributed by atoms with Crippen LogP contribution < -0.4 is 0 Å². The summed E-state index contributed by atoms with van der Waals surface area (Å²) in [7, 11) is 0. The number of carbonyl (C=O) groups is 1. The molecule has 1 aromatic carbocycles. The van der Waals surface area contributed by atoms with Crippen molar-refractivity contribution in [3.05, 3.63) is 53.9 Å². The smallest absolute Gasteiger partial charge is 0.416 e. The number of aromatic nitrogens is 1. The van der Waals surface area contributed by atoms with Crippen LogP contribution in [0.25, 0.3) is 5.69 Å². The molecule has 7 heteroatoms. The molecule has 0 fully saturated rings. The number of halogens is 3. The minimum absolute atomic E-state index is 0.0319. The van der Waals surface area contributed by atoms with Crippen LogP contribution in [0.3, 0.4) is 0 Å². The number of ether oxygens (including phenoxy) is 1. The van der Waals surface area contributed by atoms with Crippen molar-refractivity contribution >= 4 is 17.7 Å². The van der Waals surface area contributed by atoms with Gasteiger partial charge in [-0.05, 0) is 30.3 Å². The van der Waals surface area contributed by atoms with Crippen molar-refractivity contribution in [3.8, 4) is 5.69 Å². The third kappa shape index (κ3) is 5.85. The molecule has 0 saturated heterocycles. The number of thioether (sulfide) groups is 1. The van der Waals surface area contributed by atoms with E-state index in [1.807, 2.05) is 20.8 Å². The molecule has 0 atom stereocenters. The van der Waals surface area contributed by atoms with E-state index in [0.717, 1.165) is 12.1 Å². The van der Waals surface area contributed by atoms with Gasteiger partial charge in [0.25, 0.3) is 0 Å². The van der Waals surface area contributed by atoms with Gasteiger partial charge in [-0.25, -0.2) is 4.79 Å². The highest BCUT2D eigenvalue weighted by Gasteiger charge is 2.32. The Bertz CT molecular complexity index is 719. The van der Waals surface area contributed by atoms with Crippen molar-refractivity contribution < 1.29 is 22.7 Å². The van der Waals surface area contributed by atoms with Gasteiger partial charge in [-0.3, -0.25) is 0 Å². The highest BCUT2D eigenvalue weighted by atomic mass is 32.2. The van der Waals surface area contributed by atoms with E-state index in [-0.39, 0.29) is 22.6 Å². The molecule has 0 spiro atoms. The first kappa shape index (κ1) is 19.4. The van der Waals surface area contributed by atoms with Crippen molar-refractivity contribution in [2.75, 3.05) is 12.4 Å². The average molecular weight is 371 g/mol. The van der Waals surface area contributed by atoms with Gasteiger partial charge >= 0.3 is 12.1 Å². The molecular formula is C18H20F3NO2S. The fourth-order valence-corrected chi connectivity index (χ4v) is 2.89. The first-order chi connectivity index (χ1) is 11.6. The van der Waals surface area contributed by atoms with Crippen molar-refractivity contribution in [3.63, 3.8) is 0 Å². The molecule has 25 heavy (non-hydrogen) atoms. The normalized spacial score (nSPS) is 12.2. The lowest BCUT2D eigenvalue weighted by atomic mass is 10.1. The Labute approximate surface area is 149 Å². The fourth-order valence-electron chi connectivity index (χ4n) is 2.11. The summed E-state index contributed by atoms with van der Waals surface area (Å²) in [4.78, 5) is 12.2. The summed E-state index contributed by atoms with van der Waals surface area (Å²) < 4.78 is 46.1. The van der Waals surface area contributed by atoms with Gasteiger partial charge in [0, 0.05) is 28.6 Å². The molecule has 0 unspecified atom stereocenters. The molecule has 2 aromatic rings. The summed E-state index contributed by atoms with van der Waals surface area (Å²) in [6.07, 6.45) is -1.31. The molecule has 0 aliphatic heterocycles. The molecule has 0 aliphatic rings. The van der Waals surface area contributed by atoms with Crippen LogP contribution in [0.4, 0.5) is 13.2 Å². The largest absolute Gasteiger partial charge is 0.461 e. The molecule has 0 N–H and O–H groups in total. The zero-order valence-electron chi connectivity index (χ0n) is 14.3. The summed E-state index contributed by atoms with van der Waals surface area (Å²) in [6, 6.07) is 6.62. The van der Waals surface area contributed by atoms with Crippen molar-refractivity contribution in [1.29, 1.82) is 0 Å². The first-order valence-electron chi connectivity index (χ1n) is 7.73. The van der Waals surface area contributed by atoms with E-state index in [2.05, 4.69) is 0 Å². The minimum Gasteiger partial charge on any atom is -0.461 e. The van der Waals surface area contributed by atoms with Crippen molar-refractivity contribution in [1.82, 2.24) is 4.57 Å². The number of nitrogens with zero attached hydrogens (tertiary/aromatic N) is 1. The van der Waals surface area contributed by atoms with E-state index in [1.165, 1.54) is 10.6 Å². The van der Waals surface area contributed by atoms with E-state index in [1.54, 1.807) is 36.3 Å². The summed E-state index contributed by atoms with van der Waals surface area (Å²) in [5, 5.41) is 0. The Kier molecular flexibility index (Phi) is 5.87. The SMILES string of the molecule is CC(C)(C)SCCOC(=O)c1cc(-n2cccc2)cc(C(F)(F)F)c1. The molecule has 3 nitrogen and oxygen atoms in total. The van der Waals surface area contributed by atoms with Gasteiger partial charge in [-0.15, -0.1) is 0 Å². The highest BCUT2D eigenvalue weighted by molar-refractivity contribution is 8.00. The van der Waals surface area contributed by atoms with E-state index < -0.39 is 17.7 Å². The second-order valence-corrected chi connectivity index (χ2v) is 8.38. The molecule has 0 aliphatic carbocycles. The third-order valence-corrected chi connectivity index (χ3v) is 4.47. The lowest BCUT2D eigenvalue weighted by Gasteiger charge is -2.17. The van der Waals surface area contributed by atoms with Gasteiger partial charge in [0.05, 0.1) is 11.1 Å². The molecule has 136 valence electrons. The van der Waals surface area contributed by atoms with E-state index in [0.29, 0.717) is 5.75 Å². The number of benzene rings is 1. The molecule has 1 aromatic heterocycles. The summed E-state index contributed by atoms with van der Waals surface area (Å²) in [5.41, 5.74) is -0.732. The lowest BCUT2D eigenvalue weighted by Crippen LogP contribution is -2.14. The quantitative estimate of drug-likeness (QED) is 0.536. The summed E-state index contributed by atoms with van der Waals surface area (Å²) in [6.45, 7) is 6.26. The van der Waals surface area contributed by atoms with Gasteiger partial charge in [0.15, 0.2) is 0 Å². The number of hydrogen-bond donors (Lipinski definition) is 0. The molecule has 0 saturated carbocycles. The maximum Gasteiger partial charge on any atom is 0.416 e. The van der Waals surface area contributed by atoms with Gasteiger partial charge in [0.1, 0.15) is 6.61 Å². The van der Waals surface area contributed by atoms with Crippen LogP contribution in [-0.2, 0) is 10.9 Å². The predicted octanol–water partition coefficient (Wildman–Crippen LogP) is 5.18. The first-order valence-corrected chi connectivity index (χ1v) is 8.71. The van der Waals surface area contributed by atoms with Gasteiger partial charge < -0.3 is 9.30 Å². The predicted molar refractivity (Wildman–Crippen MR) is 93.3 cm³/mol. The number of hydrogen-bond acceptors (Lipinski definition) is 3. The maximum absolute atomic E-state index is 13.1. The Balaban J connectivity index is 2.18. The summed E-state index contributed by atoms with van der Waals surface area (Å²) >= 11 is 1.62. The molecular weight excluding hydrogens is 351 g/mol. The van der Waals surface area contributed by atoms with Gasteiger partial charge in [0.2, 0.25) is 0 Å². The Morgan fingerprint density at radius 3 is 2.32 bits per heavy atom. The lowest BCUT2D eigenvalue weighted by molar-refractivity contribution is -0.137. The minimum atomic E-state index is -4.54. The van der Waals surface area contributed by atoms with Crippen LogP contribution in [0.15, 0.2) is 42.7 Å². The van der Waals surface area contributed by atoms with E-state index >= 15 is 0 Å². The van der Waals surface area contributed by atoms with Crippen molar-refractivity contribution in [2.45, 2.75) is 31.7 Å². The second-order valence-electron chi connectivity index (χ2n) is 6.45.